The molecule has 1 atom stereocenters. The van der Waals surface area contributed by atoms with Crippen LogP contribution >= 0.6 is 11.8 Å². The van der Waals surface area contributed by atoms with Crippen molar-refractivity contribution >= 4 is 17.4 Å². The molecule has 0 saturated carbocycles. The largest absolute Gasteiger partial charge is 0.396 e. The summed E-state index contributed by atoms with van der Waals surface area (Å²) in [5.74, 6) is 0.752. The zero-order chi connectivity index (χ0) is 13.7. The number of aliphatic hydroxyl groups excluding tert-OH is 1. The van der Waals surface area contributed by atoms with Gasteiger partial charge >= 0.3 is 5.69 Å². The molecule has 0 aliphatic heterocycles. The number of aliphatic hydroxyl groups is 1. The lowest BCUT2D eigenvalue weighted by atomic mass is 10.2. The highest BCUT2D eigenvalue weighted by Gasteiger charge is 2.26. The van der Waals surface area contributed by atoms with Gasteiger partial charge in [-0.25, -0.2) is 0 Å². The Labute approximate surface area is 111 Å². The van der Waals surface area contributed by atoms with Gasteiger partial charge in [0.1, 0.15) is 5.69 Å². The summed E-state index contributed by atoms with van der Waals surface area (Å²) in [4.78, 5) is 10.8. The molecule has 1 heterocycles. The van der Waals surface area contributed by atoms with Crippen LogP contribution in [0.1, 0.15) is 26.0 Å². The first-order valence-electron chi connectivity index (χ1n) is 5.95. The Kier molecular flexibility index (Phi) is 5.61. The average molecular weight is 273 g/mol. The lowest BCUT2D eigenvalue weighted by Crippen LogP contribution is -2.05. The number of nitrogens with zero attached hydrogens (tertiary/aromatic N) is 3. The van der Waals surface area contributed by atoms with Crippen LogP contribution in [-0.2, 0) is 13.5 Å². The van der Waals surface area contributed by atoms with Gasteiger partial charge in [-0.05, 0) is 12.3 Å². The van der Waals surface area contributed by atoms with E-state index in [0.29, 0.717) is 22.9 Å². The van der Waals surface area contributed by atoms with Gasteiger partial charge in [-0.15, -0.1) is 0 Å². The van der Waals surface area contributed by atoms with E-state index in [0.717, 1.165) is 6.42 Å². The molecule has 0 aromatic carbocycles. The van der Waals surface area contributed by atoms with Gasteiger partial charge < -0.3 is 5.11 Å². The highest BCUT2D eigenvalue weighted by atomic mass is 32.2. The van der Waals surface area contributed by atoms with E-state index in [9.17, 15) is 10.1 Å². The molecule has 0 aliphatic carbocycles. The molecule has 0 saturated heterocycles. The molecule has 0 fully saturated rings. The molecule has 1 N–H and O–H groups in total. The Morgan fingerprint density at radius 1 is 1.61 bits per heavy atom. The second kappa shape index (κ2) is 6.75. The predicted octanol–water partition coefficient (Wildman–Crippen LogP) is 2.00. The van der Waals surface area contributed by atoms with Crippen LogP contribution in [0.15, 0.2) is 5.03 Å². The zero-order valence-corrected chi connectivity index (χ0v) is 11.7. The fourth-order valence-corrected chi connectivity index (χ4v) is 2.68. The maximum Gasteiger partial charge on any atom is 0.323 e. The van der Waals surface area contributed by atoms with E-state index < -0.39 is 0 Å². The molecule has 1 rings (SSSR count). The van der Waals surface area contributed by atoms with Crippen molar-refractivity contribution in [1.82, 2.24) is 9.78 Å². The Bertz CT molecular complexity index is 420. The molecule has 102 valence electrons. The normalized spacial score (nSPS) is 12.7. The predicted molar refractivity (Wildman–Crippen MR) is 70.8 cm³/mol. The van der Waals surface area contributed by atoms with Crippen LogP contribution in [0.5, 0.6) is 0 Å². The third-order valence-corrected chi connectivity index (χ3v) is 3.99. The van der Waals surface area contributed by atoms with Crippen LogP contribution in [0.2, 0.25) is 0 Å². The minimum absolute atomic E-state index is 0.0838. The smallest absolute Gasteiger partial charge is 0.323 e. The summed E-state index contributed by atoms with van der Waals surface area (Å²) in [6.07, 6.45) is 1.44. The molecule has 0 spiro atoms. The topological polar surface area (TPSA) is 81.2 Å². The second-order valence-electron chi connectivity index (χ2n) is 4.33. The molecule has 0 bridgehead atoms. The summed E-state index contributed by atoms with van der Waals surface area (Å²) in [7, 11) is 1.72. The van der Waals surface area contributed by atoms with Gasteiger partial charge in [0.05, 0.1) is 4.92 Å². The van der Waals surface area contributed by atoms with E-state index in [2.05, 4.69) is 5.10 Å². The number of hydrogen-bond acceptors (Lipinski definition) is 5. The molecule has 1 aromatic heterocycles. The fourth-order valence-electron chi connectivity index (χ4n) is 1.57. The van der Waals surface area contributed by atoms with Crippen LogP contribution < -0.4 is 0 Å². The summed E-state index contributed by atoms with van der Waals surface area (Å²) < 4.78 is 1.57. The third-order valence-electron chi connectivity index (χ3n) is 2.53. The van der Waals surface area contributed by atoms with Crippen LogP contribution in [0.25, 0.3) is 0 Å². The molecular weight excluding hydrogens is 254 g/mol. The van der Waals surface area contributed by atoms with Gasteiger partial charge in [-0.1, -0.05) is 32.0 Å². The van der Waals surface area contributed by atoms with Gasteiger partial charge in [0.2, 0.25) is 0 Å². The number of nitro groups is 1. The van der Waals surface area contributed by atoms with Crippen molar-refractivity contribution < 1.29 is 10.0 Å². The second-order valence-corrected chi connectivity index (χ2v) is 5.34. The molecule has 0 radical (unpaired) electrons. The van der Waals surface area contributed by atoms with Gasteiger partial charge in [0, 0.05) is 19.4 Å². The highest BCUT2D eigenvalue weighted by molar-refractivity contribution is 7.99. The number of rotatable bonds is 7. The van der Waals surface area contributed by atoms with Gasteiger partial charge in [0.15, 0.2) is 5.03 Å². The number of aryl methyl sites for hydroxylation is 2. The van der Waals surface area contributed by atoms with Crippen molar-refractivity contribution in [3.8, 4) is 0 Å². The van der Waals surface area contributed by atoms with Crippen molar-refractivity contribution in [1.29, 1.82) is 0 Å². The van der Waals surface area contributed by atoms with Gasteiger partial charge in [-0.2, -0.15) is 5.10 Å². The maximum absolute atomic E-state index is 11.1. The molecule has 1 unspecified atom stereocenters. The monoisotopic (exact) mass is 273 g/mol. The molecule has 0 aliphatic rings. The van der Waals surface area contributed by atoms with E-state index in [1.165, 1.54) is 11.8 Å². The molecule has 1 aromatic rings. The quantitative estimate of drug-likeness (QED) is 0.467. The Hall–Kier alpha value is -1.08. The Morgan fingerprint density at radius 3 is 2.78 bits per heavy atom. The van der Waals surface area contributed by atoms with Gasteiger partial charge in [-0.3, -0.25) is 14.8 Å². The van der Waals surface area contributed by atoms with Crippen molar-refractivity contribution in [2.45, 2.75) is 31.7 Å². The van der Waals surface area contributed by atoms with E-state index in [1.54, 1.807) is 11.7 Å². The number of hydrogen-bond donors (Lipinski definition) is 1. The number of thioether (sulfide) groups is 1. The SMILES string of the molecule is CCCc1nn(C)c(SCC(C)CO)c1[N+](=O)[O-]. The zero-order valence-electron chi connectivity index (χ0n) is 10.9. The molecule has 7 heteroatoms. The maximum atomic E-state index is 11.1. The summed E-state index contributed by atoms with van der Waals surface area (Å²) in [5, 5.41) is 24.9. The Morgan fingerprint density at radius 2 is 2.28 bits per heavy atom. The van der Waals surface area contributed by atoms with Crippen molar-refractivity contribution in [3.63, 3.8) is 0 Å². The van der Waals surface area contributed by atoms with Crippen LogP contribution in [-0.4, -0.2) is 32.2 Å². The summed E-state index contributed by atoms with van der Waals surface area (Å²) in [5.41, 5.74) is 0.665. The van der Waals surface area contributed by atoms with Crippen molar-refractivity contribution in [2.24, 2.45) is 13.0 Å². The van der Waals surface area contributed by atoms with E-state index in [-0.39, 0.29) is 23.1 Å². The van der Waals surface area contributed by atoms with Crippen molar-refractivity contribution in [3.05, 3.63) is 15.8 Å². The standard InChI is InChI=1S/C11H19N3O3S/c1-4-5-9-10(14(16)17)11(13(3)12-9)18-7-8(2)6-15/h8,15H,4-7H2,1-3H3. The molecular formula is C11H19N3O3S. The number of aromatic nitrogens is 2. The first-order valence-corrected chi connectivity index (χ1v) is 6.93. The van der Waals surface area contributed by atoms with E-state index in [1.807, 2.05) is 13.8 Å². The molecule has 6 nitrogen and oxygen atoms in total. The van der Waals surface area contributed by atoms with E-state index >= 15 is 0 Å². The first-order chi connectivity index (χ1) is 8.51. The minimum Gasteiger partial charge on any atom is -0.396 e. The highest BCUT2D eigenvalue weighted by Crippen LogP contribution is 2.33. The third kappa shape index (κ3) is 3.46. The lowest BCUT2D eigenvalue weighted by molar-refractivity contribution is -0.388. The van der Waals surface area contributed by atoms with Gasteiger partial charge in [0.25, 0.3) is 0 Å². The Balaban J connectivity index is 2.98. The minimum atomic E-state index is -0.357. The average Bonchev–Trinajstić information content (AvgIpc) is 2.63. The van der Waals surface area contributed by atoms with Crippen LogP contribution in [0.4, 0.5) is 5.69 Å². The summed E-state index contributed by atoms with van der Waals surface area (Å²) in [6, 6.07) is 0. The summed E-state index contributed by atoms with van der Waals surface area (Å²) >= 11 is 1.38. The van der Waals surface area contributed by atoms with Crippen molar-refractivity contribution in [2.75, 3.05) is 12.4 Å². The fraction of sp³-hybridized carbons (Fsp3) is 0.727. The van der Waals surface area contributed by atoms with Crippen LogP contribution in [0.3, 0.4) is 0 Å². The lowest BCUT2D eigenvalue weighted by Gasteiger charge is -2.06. The first kappa shape index (κ1) is 15.0. The molecule has 0 amide bonds. The van der Waals surface area contributed by atoms with Crippen LogP contribution in [0, 0.1) is 16.0 Å². The summed E-state index contributed by atoms with van der Waals surface area (Å²) in [6.45, 7) is 3.96. The van der Waals surface area contributed by atoms with E-state index in [4.69, 9.17) is 5.11 Å². The molecule has 18 heavy (non-hydrogen) atoms.